The molecular weight excluding hydrogens is 224 g/mol. The number of hydrogen-bond donors (Lipinski definition) is 1. The molecule has 0 aliphatic heterocycles. The van der Waals surface area contributed by atoms with Crippen molar-refractivity contribution in [3.8, 4) is 0 Å². The Morgan fingerprint density at radius 3 is 2.89 bits per heavy atom. The van der Waals surface area contributed by atoms with Crippen molar-refractivity contribution in [2.75, 3.05) is 5.73 Å². The molecule has 0 amide bonds. The number of para-hydroxylation sites is 1. The van der Waals surface area contributed by atoms with E-state index in [1.54, 1.807) is 0 Å². The van der Waals surface area contributed by atoms with Crippen molar-refractivity contribution in [2.45, 2.75) is 26.3 Å². The van der Waals surface area contributed by atoms with Gasteiger partial charge in [-0.1, -0.05) is 25.1 Å². The number of nitrogens with zero attached hydrogens (tertiary/aromatic N) is 3. The van der Waals surface area contributed by atoms with Crippen LogP contribution in [-0.2, 0) is 0 Å². The first-order chi connectivity index (χ1) is 8.72. The third kappa shape index (κ3) is 1.45. The van der Waals surface area contributed by atoms with E-state index in [0.717, 1.165) is 28.4 Å². The Morgan fingerprint density at radius 1 is 1.33 bits per heavy atom. The van der Waals surface area contributed by atoms with Crippen LogP contribution in [0.3, 0.4) is 0 Å². The topological polar surface area (TPSA) is 56.7 Å². The minimum Gasteiger partial charge on any atom is -0.382 e. The van der Waals surface area contributed by atoms with Crippen molar-refractivity contribution in [2.24, 2.45) is 0 Å². The Morgan fingerprint density at radius 2 is 2.11 bits per heavy atom. The van der Waals surface area contributed by atoms with Crippen LogP contribution in [0.25, 0.3) is 21.9 Å². The minimum atomic E-state index is 0.403. The second kappa shape index (κ2) is 3.98. The molecule has 0 radical (unpaired) electrons. The van der Waals surface area contributed by atoms with Crippen molar-refractivity contribution >= 4 is 27.8 Å². The van der Waals surface area contributed by atoms with Crippen molar-refractivity contribution in [1.29, 1.82) is 0 Å². The average molecular weight is 240 g/mol. The largest absolute Gasteiger partial charge is 0.382 e. The van der Waals surface area contributed by atoms with Gasteiger partial charge in [0.1, 0.15) is 5.52 Å². The smallest absolute Gasteiger partial charge is 0.152 e. The van der Waals surface area contributed by atoms with Gasteiger partial charge in [-0.2, -0.15) is 0 Å². The maximum Gasteiger partial charge on any atom is 0.152 e. The molecular formula is C14H16N4. The van der Waals surface area contributed by atoms with Gasteiger partial charge in [0.05, 0.1) is 17.4 Å². The average Bonchev–Trinajstić information content (AvgIpc) is 2.83. The molecule has 3 aromatic rings. The zero-order chi connectivity index (χ0) is 12.7. The van der Waals surface area contributed by atoms with Crippen LogP contribution in [0.2, 0.25) is 0 Å². The second-order valence-electron chi connectivity index (χ2n) is 4.62. The van der Waals surface area contributed by atoms with Gasteiger partial charge in [0, 0.05) is 11.4 Å². The van der Waals surface area contributed by atoms with E-state index in [4.69, 9.17) is 5.73 Å². The molecule has 92 valence electrons. The maximum atomic E-state index is 5.99. The van der Waals surface area contributed by atoms with Crippen molar-refractivity contribution in [3.63, 3.8) is 0 Å². The van der Waals surface area contributed by atoms with Crippen LogP contribution in [0, 0.1) is 0 Å². The first-order valence-electron chi connectivity index (χ1n) is 6.23. The van der Waals surface area contributed by atoms with Crippen LogP contribution in [0.5, 0.6) is 0 Å². The molecule has 0 fully saturated rings. The van der Waals surface area contributed by atoms with Crippen LogP contribution < -0.4 is 5.73 Å². The number of aromatic nitrogens is 3. The Labute approximate surface area is 105 Å². The number of nitrogen functional groups attached to an aromatic ring is 1. The first kappa shape index (κ1) is 11.0. The standard InChI is InChI=1S/C14H16N4/c1-3-9(2)18-8-16-12-13(18)10-6-4-5-7-11(10)17-14(12)15/h4-9H,3H2,1-2H3,(H2,15,17). The Balaban J connectivity index is 2.47. The molecule has 3 rings (SSSR count). The molecule has 0 spiro atoms. The number of nitrogens with two attached hydrogens (primary N) is 1. The number of anilines is 1. The second-order valence-corrected chi connectivity index (χ2v) is 4.62. The summed E-state index contributed by atoms with van der Waals surface area (Å²) in [5.41, 5.74) is 8.80. The van der Waals surface area contributed by atoms with E-state index in [0.29, 0.717) is 11.9 Å². The van der Waals surface area contributed by atoms with Gasteiger partial charge >= 0.3 is 0 Å². The maximum absolute atomic E-state index is 5.99. The van der Waals surface area contributed by atoms with Crippen LogP contribution in [-0.4, -0.2) is 14.5 Å². The molecule has 1 atom stereocenters. The van der Waals surface area contributed by atoms with Gasteiger partial charge in [-0.3, -0.25) is 0 Å². The van der Waals surface area contributed by atoms with E-state index < -0.39 is 0 Å². The van der Waals surface area contributed by atoms with E-state index in [1.807, 2.05) is 24.5 Å². The quantitative estimate of drug-likeness (QED) is 0.748. The van der Waals surface area contributed by atoms with Crippen LogP contribution in [0.4, 0.5) is 5.82 Å². The van der Waals surface area contributed by atoms with Gasteiger partial charge in [0.15, 0.2) is 5.82 Å². The number of imidazole rings is 1. The lowest BCUT2D eigenvalue weighted by molar-refractivity contribution is 0.545. The summed E-state index contributed by atoms with van der Waals surface area (Å²) >= 11 is 0. The molecule has 2 aromatic heterocycles. The van der Waals surface area contributed by atoms with Gasteiger partial charge < -0.3 is 10.3 Å². The zero-order valence-electron chi connectivity index (χ0n) is 10.6. The summed E-state index contributed by atoms with van der Waals surface area (Å²) in [5, 5.41) is 1.11. The molecule has 4 nitrogen and oxygen atoms in total. The summed E-state index contributed by atoms with van der Waals surface area (Å²) < 4.78 is 2.19. The van der Waals surface area contributed by atoms with Crippen LogP contribution in [0.15, 0.2) is 30.6 Å². The molecule has 0 saturated carbocycles. The molecule has 0 saturated heterocycles. The van der Waals surface area contributed by atoms with Crippen molar-refractivity contribution < 1.29 is 0 Å². The minimum absolute atomic E-state index is 0.403. The van der Waals surface area contributed by atoms with Crippen LogP contribution >= 0.6 is 0 Å². The summed E-state index contributed by atoms with van der Waals surface area (Å²) in [4.78, 5) is 8.82. The third-order valence-corrected chi connectivity index (χ3v) is 3.50. The van der Waals surface area contributed by atoms with Gasteiger partial charge in [-0.25, -0.2) is 9.97 Å². The molecule has 0 aliphatic carbocycles. The van der Waals surface area contributed by atoms with E-state index in [2.05, 4.69) is 34.4 Å². The van der Waals surface area contributed by atoms with Gasteiger partial charge in [0.25, 0.3) is 0 Å². The molecule has 2 heterocycles. The molecule has 0 aliphatic rings. The first-order valence-corrected chi connectivity index (χ1v) is 6.23. The monoisotopic (exact) mass is 240 g/mol. The summed E-state index contributed by atoms with van der Waals surface area (Å²) in [5.74, 6) is 0.505. The Hall–Kier alpha value is -2.10. The molecule has 18 heavy (non-hydrogen) atoms. The third-order valence-electron chi connectivity index (χ3n) is 3.50. The normalized spacial score (nSPS) is 13.2. The highest BCUT2D eigenvalue weighted by molar-refractivity contribution is 6.06. The van der Waals surface area contributed by atoms with E-state index >= 15 is 0 Å². The molecule has 1 aromatic carbocycles. The Kier molecular flexibility index (Phi) is 2.44. The Bertz CT molecular complexity index is 714. The number of benzene rings is 1. The highest BCUT2D eigenvalue weighted by Gasteiger charge is 2.14. The fourth-order valence-electron chi connectivity index (χ4n) is 2.30. The van der Waals surface area contributed by atoms with Gasteiger partial charge in [-0.05, 0) is 19.4 Å². The number of pyridine rings is 1. The zero-order valence-corrected chi connectivity index (χ0v) is 10.6. The van der Waals surface area contributed by atoms with Gasteiger partial charge in [-0.15, -0.1) is 0 Å². The number of hydrogen-bond acceptors (Lipinski definition) is 3. The lowest BCUT2D eigenvalue weighted by Gasteiger charge is -2.13. The fraction of sp³-hybridized carbons (Fsp3) is 0.286. The van der Waals surface area contributed by atoms with Crippen molar-refractivity contribution in [3.05, 3.63) is 30.6 Å². The summed E-state index contributed by atoms with van der Waals surface area (Å²) in [6, 6.07) is 8.46. The SMILES string of the molecule is CCC(C)n1cnc2c(N)nc3ccccc3c21. The lowest BCUT2D eigenvalue weighted by atomic mass is 10.1. The van der Waals surface area contributed by atoms with Crippen LogP contribution in [0.1, 0.15) is 26.3 Å². The summed E-state index contributed by atoms with van der Waals surface area (Å²) in [7, 11) is 0. The predicted molar refractivity (Wildman–Crippen MR) is 74.4 cm³/mol. The molecule has 0 bridgehead atoms. The highest BCUT2D eigenvalue weighted by atomic mass is 15.1. The lowest BCUT2D eigenvalue weighted by Crippen LogP contribution is -2.03. The van der Waals surface area contributed by atoms with E-state index in [9.17, 15) is 0 Å². The summed E-state index contributed by atoms with van der Waals surface area (Å²) in [6.45, 7) is 4.36. The highest BCUT2D eigenvalue weighted by Crippen LogP contribution is 2.29. The van der Waals surface area contributed by atoms with E-state index in [-0.39, 0.29) is 0 Å². The number of rotatable bonds is 2. The molecule has 4 heteroatoms. The number of fused-ring (bicyclic) bond motifs is 3. The molecule has 2 N–H and O–H groups in total. The predicted octanol–water partition coefficient (Wildman–Crippen LogP) is 3.14. The summed E-state index contributed by atoms with van der Waals surface area (Å²) in [6.07, 6.45) is 2.92. The molecule has 1 unspecified atom stereocenters. The van der Waals surface area contributed by atoms with Gasteiger partial charge in [0.2, 0.25) is 0 Å². The van der Waals surface area contributed by atoms with Crippen molar-refractivity contribution in [1.82, 2.24) is 14.5 Å². The fourth-order valence-corrected chi connectivity index (χ4v) is 2.30. The van der Waals surface area contributed by atoms with E-state index in [1.165, 1.54) is 0 Å².